The van der Waals surface area contributed by atoms with Crippen LogP contribution in [0.5, 0.6) is 0 Å². The van der Waals surface area contributed by atoms with Crippen molar-refractivity contribution >= 4 is 22.0 Å². The smallest absolute Gasteiger partial charge is 0.426 e. The number of amides is 1. The Bertz CT molecular complexity index is 744. The standard InChI is InChI=1S/C25H44N2O4S/c1-5-9-11-13-20-26(21-14-12-10-6-2)32(30,31)27(25(28)29)24-22(16-7-3)18-15-19-23(24)17-8-4/h15,18-19H,5-14,16-17,20-21H2,1-4H3,(H,28,29). The molecular weight excluding hydrogens is 424 g/mol. The summed E-state index contributed by atoms with van der Waals surface area (Å²) in [6, 6.07) is 5.62. The monoisotopic (exact) mass is 468 g/mol. The van der Waals surface area contributed by atoms with Crippen molar-refractivity contribution in [1.82, 2.24) is 4.31 Å². The van der Waals surface area contributed by atoms with E-state index in [1.54, 1.807) is 0 Å². The van der Waals surface area contributed by atoms with Crippen LogP contribution in [-0.2, 0) is 23.1 Å². The molecule has 0 aliphatic carbocycles. The van der Waals surface area contributed by atoms with Crippen molar-refractivity contribution in [2.75, 3.05) is 17.4 Å². The molecule has 7 heteroatoms. The molecule has 1 N–H and O–H groups in total. The minimum atomic E-state index is -4.20. The lowest BCUT2D eigenvalue weighted by Gasteiger charge is -2.31. The average Bonchev–Trinajstić information content (AvgIpc) is 2.74. The molecule has 0 aliphatic heterocycles. The van der Waals surface area contributed by atoms with Crippen molar-refractivity contribution in [2.24, 2.45) is 0 Å². The van der Waals surface area contributed by atoms with Crippen LogP contribution in [0.3, 0.4) is 0 Å². The number of nitrogens with zero attached hydrogens (tertiary/aromatic N) is 2. The third-order valence-electron chi connectivity index (χ3n) is 5.70. The summed E-state index contributed by atoms with van der Waals surface area (Å²) in [6.45, 7) is 8.98. The SMILES string of the molecule is CCCCCCN(CCCCCC)S(=O)(=O)N(C(=O)O)c1c(CCC)cccc1CCC. The van der Waals surface area contributed by atoms with Crippen LogP contribution in [0.25, 0.3) is 0 Å². The van der Waals surface area contributed by atoms with E-state index in [9.17, 15) is 18.3 Å². The summed E-state index contributed by atoms with van der Waals surface area (Å²) in [4.78, 5) is 12.4. The minimum absolute atomic E-state index is 0.343. The molecule has 1 rings (SSSR count). The predicted octanol–water partition coefficient (Wildman–Crippen LogP) is 6.78. The molecule has 32 heavy (non-hydrogen) atoms. The molecule has 0 unspecified atom stereocenters. The number of unbranched alkanes of at least 4 members (excludes halogenated alkanes) is 6. The Labute approximate surface area is 196 Å². The van der Waals surface area contributed by atoms with Gasteiger partial charge in [0.05, 0.1) is 5.69 Å². The van der Waals surface area contributed by atoms with Crippen LogP contribution in [0.15, 0.2) is 18.2 Å². The highest BCUT2D eigenvalue weighted by Gasteiger charge is 2.37. The zero-order chi connectivity index (χ0) is 24.0. The van der Waals surface area contributed by atoms with Crippen molar-refractivity contribution in [1.29, 1.82) is 0 Å². The lowest BCUT2D eigenvalue weighted by Crippen LogP contribution is -2.48. The van der Waals surface area contributed by atoms with Crippen molar-refractivity contribution in [3.8, 4) is 0 Å². The van der Waals surface area contributed by atoms with Crippen molar-refractivity contribution in [2.45, 2.75) is 105 Å². The molecule has 0 fully saturated rings. The van der Waals surface area contributed by atoms with E-state index in [1.165, 1.54) is 4.31 Å². The Kier molecular flexibility index (Phi) is 13.6. The quantitative estimate of drug-likeness (QED) is 0.255. The topological polar surface area (TPSA) is 77.9 Å². The number of hydrogen-bond donors (Lipinski definition) is 1. The van der Waals surface area contributed by atoms with E-state index in [4.69, 9.17) is 0 Å². The maximum Gasteiger partial charge on any atom is 0.426 e. The summed E-state index contributed by atoms with van der Waals surface area (Å²) in [5.74, 6) is 0. The molecule has 0 heterocycles. The lowest BCUT2D eigenvalue weighted by molar-refractivity contribution is 0.205. The largest absolute Gasteiger partial charge is 0.464 e. The molecule has 0 saturated heterocycles. The van der Waals surface area contributed by atoms with Crippen LogP contribution in [0.2, 0.25) is 0 Å². The van der Waals surface area contributed by atoms with E-state index in [-0.39, 0.29) is 0 Å². The molecule has 0 radical (unpaired) electrons. The average molecular weight is 469 g/mol. The zero-order valence-corrected chi connectivity index (χ0v) is 21.4. The molecule has 0 saturated carbocycles. The molecule has 1 amide bonds. The van der Waals surface area contributed by atoms with Gasteiger partial charge in [-0.25, -0.2) is 4.79 Å². The summed E-state index contributed by atoms with van der Waals surface area (Å²) in [5.41, 5.74) is 1.90. The number of carbonyl (C=O) groups is 1. The van der Waals surface area contributed by atoms with Crippen LogP contribution in [0, 0.1) is 0 Å². The highest BCUT2D eigenvalue weighted by molar-refractivity contribution is 7.91. The Balaban J connectivity index is 3.40. The Morgan fingerprint density at radius 1 is 0.781 bits per heavy atom. The summed E-state index contributed by atoms with van der Waals surface area (Å²) in [6.07, 6.45) is 9.07. The van der Waals surface area contributed by atoms with Crippen molar-refractivity contribution in [3.05, 3.63) is 29.3 Å². The summed E-state index contributed by atoms with van der Waals surface area (Å²) in [7, 11) is -4.20. The van der Waals surface area contributed by atoms with Crippen LogP contribution < -0.4 is 4.31 Å². The van der Waals surface area contributed by atoms with Gasteiger partial charge < -0.3 is 5.11 Å². The van der Waals surface area contributed by atoms with Crippen LogP contribution >= 0.6 is 0 Å². The fraction of sp³-hybridized carbons (Fsp3) is 0.720. The Morgan fingerprint density at radius 3 is 1.62 bits per heavy atom. The van der Waals surface area contributed by atoms with Gasteiger partial charge in [-0.15, -0.1) is 0 Å². The normalized spacial score (nSPS) is 11.8. The molecule has 6 nitrogen and oxygen atoms in total. The predicted molar refractivity (Wildman–Crippen MR) is 134 cm³/mol. The summed E-state index contributed by atoms with van der Waals surface area (Å²) < 4.78 is 29.6. The highest BCUT2D eigenvalue weighted by Crippen LogP contribution is 2.32. The zero-order valence-electron chi connectivity index (χ0n) is 20.6. The molecule has 0 bridgehead atoms. The molecule has 1 aromatic rings. The second kappa shape index (κ2) is 15.3. The van der Waals surface area contributed by atoms with Gasteiger partial charge in [-0.05, 0) is 36.8 Å². The number of benzene rings is 1. The van der Waals surface area contributed by atoms with Crippen LogP contribution in [-0.4, -0.2) is 37.0 Å². The lowest BCUT2D eigenvalue weighted by atomic mass is 10.0. The van der Waals surface area contributed by atoms with E-state index < -0.39 is 16.3 Å². The van der Waals surface area contributed by atoms with Gasteiger partial charge in [-0.3, -0.25) is 0 Å². The first-order chi connectivity index (χ1) is 15.3. The van der Waals surface area contributed by atoms with Gasteiger partial charge in [0.15, 0.2) is 0 Å². The van der Waals surface area contributed by atoms with Gasteiger partial charge in [-0.2, -0.15) is 17.0 Å². The highest BCUT2D eigenvalue weighted by atomic mass is 32.2. The molecule has 0 aliphatic rings. The van der Waals surface area contributed by atoms with Crippen LogP contribution in [0.4, 0.5) is 10.5 Å². The summed E-state index contributed by atoms with van der Waals surface area (Å²) in [5, 5.41) is 10.1. The van der Waals surface area contributed by atoms with Crippen molar-refractivity contribution < 1.29 is 18.3 Å². The first kappa shape index (κ1) is 28.4. The van der Waals surface area contributed by atoms with Gasteiger partial charge >= 0.3 is 16.3 Å². The maximum atomic E-state index is 13.8. The van der Waals surface area contributed by atoms with E-state index in [0.717, 1.165) is 75.3 Å². The molecule has 0 atom stereocenters. The second-order valence-electron chi connectivity index (χ2n) is 8.50. The number of para-hydroxylation sites is 1. The van der Waals surface area contributed by atoms with E-state index in [0.29, 0.717) is 35.9 Å². The number of aryl methyl sites for hydroxylation is 2. The van der Waals surface area contributed by atoms with Gasteiger partial charge in [-0.1, -0.05) is 97.3 Å². The second-order valence-corrected chi connectivity index (χ2v) is 10.3. The van der Waals surface area contributed by atoms with Gasteiger partial charge in [0.2, 0.25) is 0 Å². The first-order valence-electron chi connectivity index (χ1n) is 12.5. The third-order valence-corrected chi connectivity index (χ3v) is 7.52. The summed E-state index contributed by atoms with van der Waals surface area (Å²) >= 11 is 0. The van der Waals surface area contributed by atoms with Crippen LogP contribution in [0.1, 0.15) is 103 Å². The van der Waals surface area contributed by atoms with Gasteiger partial charge in [0.1, 0.15) is 0 Å². The molecule has 0 spiro atoms. The Hall–Kier alpha value is -1.60. The maximum absolute atomic E-state index is 13.8. The van der Waals surface area contributed by atoms with E-state index >= 15 is 0 Å². The molecule has 184 valence electrons. The van der Waals surface area contributed by atoms with E-state index in [2.05, 4.69) is 13.8 Å². The Morgan fingerprint density at radius 2 is 1.25 bits per heavy atom. The fourth-order valence-corrected chi connectivity index (χ4v) is 5.66. The van der Waals surface area contributed by atoms with E-state index in [1.807, 2.05) is 32.0 Å². The molecule has 1 aromatic carbocycles. The molecular formula is C25H44N2O4S. The number of rotatable bonds is 17. The minimum Gasteiger partial charge on any atom is -0.464 e. The number of anilines is 1. The number of hydrogen-bond acceptors (Lipinski definition) is 3. The van der Waals surface area contributed by atoms with Gasteiger partial charge in [0.25, 0.3) is 0 Å². The van der Waals surface area contributed by atoms with Gasteiger partial charge in [0, 0.05) is 13.1 Å². The number of carboxylic acid groups (broad SMARTS) is 1. The first-order valence-corrected chi connectivity index (χ1v) is 13.9. The van der Waals surface area contributed by atoms with Crippen molar-refractivity contribution in [3.63, 3.8) is 0 Å². The molecule has 0 aromatic heterocycles. The fourth-order valence-electron chi connectivity index (χ4n) is 4.05. The third kappa shape index (κ3) is 8.39.